The smallest absolute Gasteiger partial charge is 0.237 e. The van der Waals surface area contributed by atoms with Gasteiger partial charge in [-0.1, -0.05) is 29.8 Å². The normalized spacial score (nSPS) is 17.8. The van der Waals surface area contributed by atoms with E-state index in [1.807, 2.05) is 36.4 Å². The average Bonchev–Trinajstić information content (AvgIpc) is 3.65. The van der Waals surface area contributed by atoms with Gasteiger partial charge in [0.15, 0.2) is 22.9 Å². The lowest BCUT2D eigenvalue weighted by molar-refractivity contribution is -0.119. The van der Waals surface area contributed by atoms with E-state index in [2.05, 4.69) is 15.0 Å². The molecule has 2 aliphatic carbocycles. The van der Waals surface area contributed by atoms with E-state index in [1.54, 1.807) is 6.07 Å². The van der Waals surface area contributed by atoms with Crippen LogP contribution >= 0.6 is 11.6 Å². The van der Waals surface area contributed by atoms with Crippen LogP contribution in [0.1, 0.15) is 42.9 Å². The van der Waals surface area contributed by atoms with Gasteiger partial charge in [0.1, 0.15) is 18.7 Å². The molecule has 0 bridgehead atoms. The number of fused-ring (bicyclic) bond motifs is 3. The third kappa shape index (κ3) is 4.99. The molecule has 0 radical (unpaired) electrons. The highest BCUT2D eigenvalue weighted by atomic mass is 35.5. The molecule has 3 aliphatic rings. The summed E-state index contributed by atoms with van der Waals surface area (Å²) in [7, 11) is -3.58. The van der Waals surface area contributed by atoms with Gasteiger partial charge in [-0.2, -0.15) is 0 Å². The Kier molecular flexibility index (Phi) is 6.83. The second-order valence-corrected chi connectivity index (χ2v) is 13.1. The largest absolute Gasteiger partial charge is 0.486 e. The number of rotatable bonds is 8. The van der Waals surface area contributed by atoms with Gasteiger partial charge < -0.3 is 19.2 Å². The maximum atomic E-state index is 15.6. The first-order valence-electron chi connectivity index (χ1n) is 13.9. The molecule has 12 heteroatoms. The number of nitrogens with zero attached hydrogens (tertiary/aromatic N) is 1. The van der Waals surface area contributed by atoms with E-state index in [0.29, 0.717) is 72.1 Å². The molecule has 7 rings (SSSR count). The zero-order valence-corrected chi connectivity index (χ0v) is 24.0. The quantitative estimate of drug-likeness (QED) is 0.275. The minimum Gasteiger partial charge on any atom is -0.486 e. The monoisotopic (exact) mass is 611 g/mol. The predicted octanol–water partition coefficient (Wildman–Crippen LogP) is 5.30. The summed E-state index contributed by atoms with van der Waals surface area (Å²) in [5.41, 5.74) is 3.83. The van der Waals surface area contributed by atoms with Crippen LogP contribution in [0.2, 0.25) is 5.02 Å². The van der Waals surface area contributed by atoms with Crippen LogP contribution < -0.4 is 19.5 Å². The molecule has 42 heavy (non-hydrogen) atoms. The highest BCUT2D eigenvalue weighted by molar-refractivity contribution is 7.90. The van der Waals surface area contributed by atoms with Crippen molar-refractivity contribution in [1.29, 1.82) is 0 Å². The van der Waals surface area contributed by atoms with Crippen LogP contribution in [0, 0.1) is 5.82 Å². The number of hydrogen-bond donors (Lipinski definition) is 2. The number of hydrogen-bond acceptors (Lipinski definition) is 8. The van der Waals surface area contributed by atoms with Crippen molar-refractivity contribution in [3.8, 4) is 34.1 Å². The lowest BCUT2D eigenvalue weighted by Gasteiger charge is -2.19. The molecule has 3 aromatic carbocycles. The summed E-state index contributed by atoms with van der Waals surface area (Å²) >= 11 is 6.85. The summed E-state index contributed by atoms with van der Waals surface area (Å²) in [6.45, 7) is 1.22. The predicted molar refractivity (Wildman–Crippen MR) is 155 cm³/mol. The Balaban J connectivity index is 1.12. The number of sulfonamides is 1. The number of oxazole rings is 1. The number of ether oxygens (including phenoxy) is 2. The molecule has 1 fully saturated rings. The van der Waals surface area contributed by atoms with Gasteiger partial charge in [-0.05, 0) is 66.6 Å². The van der Waals surface area contributed by atoms with Gasteiger partial charge in [0.2, 0.25) is 21.8 Å². The van der Waals surface area contributed by atoms with Crippen LogP contribution in [0.3, 0.4) is 0 Å². The zero-order chi connectivity index (χ0) is 29.0. The van der Waals surface area contributed by atoms with E-state index in [1.165, 1.54) is 0 Å². The SMILES string of the molecule is O=C(CCN[C@@H]1CCc2c1cc1nc(-c3cccc(-c4ccc5c(c4)OCCO5)c3Cl)oc1c2F)NS(=O)(=O)C1CC1. The number of amides is 1. The first kappa shape index (κ1) is 27.2. The molecule has 1 aliphatic heterocycles. The van der Waals surface area contributed by atoms with Crippen molar-refractivity contribution in [3.63, 3.8) is 0 Å². The molecule has 0 spiro atoms. The molecular weight excluding hydrogens is 585 g/mol. The minimum atomic E-state index is -3.58. The van der Waals surface area contributed by atoms with Gasteiger partial charge in [-0.25, -0.2) is 17.8 Å². The van der Waals surface area contributed by atoms with Gasteiger partial charge in [0.05, 0.1) is 15.8 Å². The minimum absolute atomic E-state index is 0.00513. The van der Waals surface area contributed by atoms with Crippen molar-refractivity contribution in [1.82, 2.24) is 15.0 Å². The molecule has 0 unspecified atom stereocenters. The third-order valence-electron chi connectivity index (χ3n) is 7.86. The first-order valence-corrected chi connectivity index (χ1v) is 15.8. The Hall–Kier alpha value is -3.67. The second-order valence-electron chi connectivity index (χ2n) is 10.7. The Morgan fingerprint density at radius 1 is 1.05 bits per heavy atom. The summed E-state index contributed by atoms with van der Waals surface area (Å²) in [5, 5.41) is 3.22. The molecule has 0 saturated heterocycles. The fourth-order valence-electron chi connectivity index (χ4n) is 5.58. The molecule has 2 N–H and O–H groups in total. The molecular formula is C30H27ClFN3O6S. The summed E-state index contributed by atoms with van der Waals surface area (Å²) < 4.78 is 59.0. The standard InChI is InChI=1S/C30H27ClFN3O6S/c31-27-18(16-4-9-24-25(14-16)40-13-12-39-24)2-1-3-20(27)30-34-23-15-21-19(28(32)29(23)41-30)7-8-22(21)33-11-10-26(36)35-42(37,38)17-5-6-17/h1-4,9,14-15,17,22,33H,5-8,10-13H2,(H,35,36)/t22-/m1/s1. The fourth-order valence-corrected chi connectivity index (χ4v) is 7.24. The van der Waals surface area contributed by atoms with Gasteiger partial charge in [-0.15, -0.1) is 0 Å². The number of benzene rings is 3. The van der Waals surface area contributed by atoms with E-state index in [9.17, 15) is 13.2 Å². The van der Waals surface area contributed by atoms with Gasteiger partial charge >= 0.3 is 0 Å². The average molecular weight is 612 g/mol. The Morgan fingerprint density at radius 2 is 1.83 bits per heavy atom. The van der Waals surface area contributed by atoms with Crippen molar-refractivity contribution < 1.29 is 31.5 Å². The highest BCUT2D eigenvalue weighted by Gasteiger charge is 2.37. The highest BCUT2D eigenvalue weighted by Crippen LogP contribution is 2.42. The summed E-state index contributed by atoms with van der Waals surface area (Å²) in [6, 6.07) is 12.7. The topological polar surface area (TPSA) is 120 Å². The van der Waals surface area contributed by atoms with Gasteiger partial charge in [-0.3, -0.25) is 9.52 Å². The van der Waals surface area contributed by atoms with E-state index < -0.39 is 27.0 Å². The number of halogens is 2. The van der Waals surface area contributed by atoms with Crippen LogP contribution in [-0.2, 0) is 21.2 Å². The number of carbonyl (C=O) groups is 1. The molecule has 2 heterocycles. The molecule has 1 amide bonds. The van der Waals surface area contributed by atoms with Crippen LogP contribution in [0.5, 0.6) is 11.5 Å². The van der Waals surface area contributed by atoms with Crippen molar-refractivity contribution in [3.05, 3.63) is 64.4 Å². The number of aromatic nitrogens is 1. The molecule has 1 atom stereocenters. The summed E-state index contributed by atoms with van der Waals surface area (Å²) in [6.07, 6.45) is 2.29. The summed E-state index contributed by atoms with van der Waals surface area (Å²) in [4.78, 5) is 16.7. The van der Waals surface area contributed by atoms with Crippen molar-refractivity contribution in [2.75, 3.05) is 19.8 Å². The lowest BCUT2D eigenvalue weighted by atomic mass is 10.0. The zero-order valence-electron chi connectivity index (χ0n) is 22.4. The second kappa shape index (κ2) is 10.6. The molecule has 1 aromatic heterocycles. The molecule has 9 nitrogen and oxygen atoms in total. The number of carbonyl (C=O) groups excluding carboxylic acids is 1. The molecule has 4 aromatic rings. The number of nitrogens with one attached hydrogen (secondary N) is 2. The van der Waals surface area contributed by atoms with Crippen LogP contribution in [-0.4, -0.2) is 44.3 Å². The molecule has 1 saturated carbocycles. The van der Waals surface area contributed by atoms with Crippen LogP contribution in [0.15, 0.2) is 46.9 Å². The fraction of sp³-hybridized carbons (Fsp3) is 0.333. The first-order chi connectivity index (χ1) is 20.3. The van der Waals surface area contributed by atoms with Crippen molar-refractivity contribution >= 4 is 38.6 Å². The maximum Gasteiger partial charge on any atom is 0.237 e. The van der Waals surface area contributed by atoms with Crippen LogP contribution in [0.25, 0.3) is 33.7 Å². The Morgan fingerprint density at radius 3 is 2.64 bits per heavy atom. The van der Waals surface area contributed by atoms with Gasteiger partial charge in [0, 0.05) is 24.6 Å². The Bertz CT molecular complexity index is 1840. The van der Waals surface area contributed by atoms with Crippen molar-refractivity contribution in [2.24, 2.45) is 0 Å². The lowest BCUT2D eigenvalue weighted by Crippen LogP contribution is -2.35. The third-order valence-corrected chi connectivity index (χ3v) is 10.1. The van der Waals surface area contributed by atoms with E-state index in [0.717, 1.165) is 16.7 Å². The maximum absolute atomic E-state index is 15.6. The van der Waals surface area contributed by atoms with E-state index >= 15 is 4.39 Å². The van der Waals surface area contributed by atoms with Crippen LogP contribution in [0.4, 0.5) is 4.39 Å². The van der Waals surface area contributed by atoms with E-state index in [-0.39, 0.29) is 30.5 Å². The summed E-state index contributed by atoms with van der Waals surface area (Å²) in [5.74, 6) is 0.516. The van der Waals surface area contributed by atoms with Gasteiger partial charge in [0.25, 0.3) is 0 Å². The van der Waals surface area contributed by atoms with Crippen molar-refractivity contribution in [2.45, 2.75) is 43.4 Å². The Labute approximate surface area is 246 Å². The van der Waals surface area contributed by atoms with E-state index in [4.69, 9.17) is 25.5 Å². The molecule has 218 valence electrons.